The summed E-state index contributed by atoms with van der Waals surface area (Å²) in [6.45, 7) is 6.09. The smallest absolute Gasteiger partial charge is 0.225 e. The summed E-state index contributed by atoms with van der Waals surface area (Å²) in [5.74, 6) is 0.544. The molecule has 1 N–H and O–H groups in total. The van der Waals surface area contributed by atoms with Gasteiger partial charge in [-0.3, -0.25) is 4.79 Å². The second kappa shape index (κ2) is 4.61. The minimum atomic E-state index is 0.227. The van der Waals surface area contributed by atoms with E-state index in [0.717, 1.165) is 25.9 Å². The molecule has 3 nitrogen and oxygen atoms in total. The molecule has 0 aliphatic carbocycles. The van der Waals surface area contributed by atoms with Gasteiger partial charge in [0, 0.05) is 26.1 Å². The Morgan fingerprint density at radius 1 is 1.46 bits per heavy atom. The third-order valence-corrected chi connectivity index (χ3v) is 2.99. The highest BCUT2D eigenvalue weighted by Gasteiger charge is 2.28. The van der Waals surface area contributed by atoms with Crippen LogP contribution in [0.1, 0.15) is 26.7 Å². The molecule has 76 valence electrons. The molecule has 1 heterocycles. The lowest BCUT2D eigenvalue weighted by Gasteiger charge is -2.37. The molecule has 0 aromatic carbocycles. The number of likely N-dealkylation sites (N-methyl/N-ethyl adjacent to an activating group) is 1. The normalized spacial score (nSPS) is 17.2. The Bertz CT molecular complexity index is 174. The van der Waals surface area contributed by atoms with Gasteiger partial charge in [0.1, 0.15) is 0 Å². The maximum absolute atomic E-state index is 11.8. The van der Waals surface area contributed by atoms with Crippen LogP contribution in [0.5, 0.6) is 0 Å². The molecule has 0 atom stereocenters. The molecule has 0 aromatic heterocycles. The molecule has 13 heavy (non-hydrogen) atoms. The van der Waals surface area contributed by atoms with Crippen LogP contribution in [0.25, 0.3) is 0 Å². The van der Waals surface area contributed by atoms with Gasteiger partial charge in [-0.25, -0.2) is 0 Å². The first-order valence-corrected chi connectivity index (χ1v) is 5.18. The molecule has 3 heteroatoms. The monoisotopic (exact) mass is 184 g/mol. The van der Waals surface area contributed by atoms with Crippen LogP contribution in [0.2, 0.25) is 0 Å². The van der Waals surface area contributed by atoms with E-state index < -0.39 is 0 Å². The molecular weight excluding hydrogens is 164 g/mol. The SMILES string of the molecule is CCC(CC)C(=O)N(C)C1CNC1. The molecule has 0 saturated carbocycles. The molecule has 0 unspecified atom stereocenters. The fraction of sp³-hybridized carbons (Fsp3) is 0.900. The number of carbonyl (C=O) groups is 1. The molecule has 1 amide bonds. The van der Waals surface area contributed by atoms with Gasteiger partial charge in [-0.05, 0) is 12.8 Å². The molecule has 0 aromatic rings. The number of hydrogen-bond acceptors (Lipinski definition) is 2. The Labute approximate surface area is 80.5 Å². The van der Waals surface area contributed by atoms with E-state index in [9.17, 15) is 4.79 Å². The highest BCUT2D eigenvalue weighted by Crippen LogP contribution is 2.14. The number of carbonyl (C=O) groups excluding carboxylic acids is 1. The van der Waals surface area contributed by atoms with Crippen LogP contribution in [0.4, 0.5) is 0 Å². The van der Waals surface area contributed by atoms with Crippen LogP contribution in [0.15, 0.2) is 0 Å². The summed E-state index contributed by atoms with van der Waals surface area (Å²) < 4.78 is 0. The van der Waals surface area contributed by atoms with Gasteiger partial charge in [0.05, 0.1) is 6.04 Å². The van der Waals surface area contributed by atoms with Gasteiger partial charge in [-0.15, -0.1) is 0 Å². The molecule has 1 aliphatic rings. The zero-order valence-corrected chi connectivity index (χ0v) is 8.84. The van der Waals surface area contributed by atoms with Crippen molar-refractivity contribution in [1.29, 1.82) is 0 Å². The van der Waals surface area contributed by atoms with E-state index in [1.165, 1.54) is 0 Å². The Morgan fingerprint density at radius 2 is 2.00 bits per heavy atom. The molecule has 1 aliphatic heterocycles. The van der Waals surface area contributed by atoms with E-state index in [-0.39, 0.29) is 5.92 Å². The number of nitrogens with one attached hydrogen (secondary N) is 1. The van der Waals surface area contributed by atoms with Crippen LogP contribution < -0.4 is 5.32 Å². The van der Waals surface area contributed by atoms with E-state index >= 15 is 0 Å². The van der Waals surface area contributed by atoms with Crippen molar-refractivity contribution in [2.24, 2.45) is 5.92 Å². The van der Waals surface area contributed by atoms with E-state index in [1.807, 2.05) is 11.9 Å². The predicted molar refractivity (Wildman–Crippen MR) is 53.5 cm³/mol. The Morgan fingerprint density at radius 3 is 2.31 bits per heavy atom. The van der Waals surface area contributed by atoms with Gasteiger partial charge in [-0.2, -0.15) is 0 Å². The van der Waals surface area contributed by atoms with Crippen molar-refractivity contribution in [2.75, 3.05) is 20.1 Å². The first kappa shape index (κ1) is 10.5. The van der Waals surface area contributed by atoms with Crippen molar-refractivity contribution >= 4 is 5.91 Å². The molecule has 1 saturated heterocycles. The van der Waals surface area contributed by atoms with Gasteiger partial charge in [0.25, 0.3) is 0 Å². The maximum atomic E-state index is 11.8. The van der Waals surface area contributed by atoms with Crippen LogP contribution in [-0.4, -0.2) is 37.0 Å². The Kier molecular flexibility index (Phi) is 3.72. The van der Waals surface area contributed by atoms with Gasteiger partial charge in [0.2, 0.25) is 5.91 Å². The molecular formula is C10H20N2O. The van der Waals surface area contributed by atoms with Gasteiger partial charge < -0.3 is 10.2 Å². The molecule has 0 bridgehead atoms. The summed E-state index contributed by atoms with van der Waals surface area (Å²) in [5, 5.41) is 3.18. The lowest BCUT2D eigenvalue weighted by Crippen LogP contribution is -2.58. The maximum Gasteiger partial charge on any atom is 0.225 e. The lowest BCUT2D eigenvalue weighted by molar-refractivity contribution is -0.137. The number of amides is 1. The number of nitrogens with zero attached hydrogens (tertiary/aromatic N) is 1. The van der Waals surface area contributed by atoms with Gasteiger partial charge >= 0.3 is 0 Å². The average molecular weight is 184 g/mol. The van der Waals surface area contributed by atoms with Crippen LogP contribution >= 0.6 is 0 Å². The van der Waals surface area contributed by atoms with Crippen molar-refractivity contribution in [1.82, 2.24) is 10.2 Å². The minimum absolute atomic E-state index is 0.227. The molecule has 0 radical (unpaired) electrons. The van der Waals surface area contributed by atoms with Gasteiger partial charge in [0.15, 0.2) is 0 Å². The second-order valence-corrected chi connectivity index (χ2v) is 3.77. The topological polar surface area (TPSA) is 32.3 Å². The summed E-state index contributed by atoms with van der Waals surface area (Å²) in [4.78, 5) is 13.7. The molecule has 1 fully saturated rings. The van der Waals surface area contributed by atoms with Crippen molar-refractivity contribution in [3.05, 3.63) is 0 Å². The van der Waals surface area contributed by atoms with Crippen molar-refractivity contribution in [3.8, 4) is 0 Å². The fourth-order valence-corrected chi connectivity index (χ4v) is 1.65. The summed E-state index contributed by atoms with van der Waals surface area (Å²) >= 11 is 0. The highest BCUT2D eigenvalue weighted by molar-refractivity contribution is 5.78. The molecule has 0 spiro atoms. The van der Waals surface area contributed by atoms with Crippen molar-refractivity contribution < 1.29 is 4.79 Å². The zero-order chi connectivity index (χ0) is 9.84. The Hall–Kier alpha value is -0.570. The van der Waals surface area contributed by atoms with E-state index in [4.69, 9.17) is 0 Å². The predicted octanol–water partition coefficient (Wildman–Crippen LogP) is 0.853. The summed E-state index contributed by atoms with van der Waals surface area (Å²) in [6, 6.07) is 0.438. The Balaban J connectivity index is 2.44. The fourth-order valence-electron chi connectivity index (χ4n) is 1.65. The van der Waals surface area contributed by atoms with Gasteiger partial charge in [-0.1, -0.05) is 13.8 Å². The van der Waals surface area contributed by atoms with E-state index in [1.54, 1.807) is 0 Å². The largest absolute Gasteiger partial charge is 0.340 e. The summed E-state index contributed by atoms with van der Waals surface area (Å²) in [6.07, 6.45) is 1.92. The van der Waals surface area contributed by atoms with E-state index in [0.29, 0.717) is 11.9 Å². The van der Waals surface area contributed by atoms with Crippen molar-refractivity contribution in [3.63, 3.8) is 0 Å². The van der Waals surface area contributed by atoms with E-state index in [2.05, 4.69) is 19.2 Å². The van der Waals surface area contributed by atoms with Crippen LogP contribution in [0, 0.1) is 5.92 Å². The van der Waals surface area contributed by atoms with Crippen molar-refractivity contribution in [2.45, 2.75) is 32.7 Å². The lowest BCUT2D eigenvalue weighted by atomic mass is 10.00. The number of hydrogen-bond donors (Lipinski definition) is 1. The quantitative estimate of drug-likeness (QED) is 0.702. The molecule has 1 rings (SSSR count). The summed E-state index contributed by atoms with van der Waals surface area (Å²) in [5.41, 5.74) is 0. The minimum Gasteiger partial charge on any atom is -0.340 e. The average Bonchev–Trinajstić information content (AvgIpc) is 2.03. The first-order valence-electron chi connectivity index (χ1n) is 5.18. The second-order valence-electron chi connectivity index (χ2n) is 3.77. The summed E-state index contributed by atoms with van der Waals surface area (Å²) in [7, 11) is 1.92. The third kappa shape index (κ3) is 2.21. The number of rotatable bonds is 4. The zero-order valence-electron chi connectivity index (χ0n) is 8.84. The third-order valence-electron chi connectivity index (χ3n) is 2.99. The first-order chi connectivity index (χ1) is 6.20. The van der Waals surface area contributed by atoms with Crippen LogP contribution in [0.3, 0.4) is 0 Å². The highest BCUT2D eigenvalue weighted by atomic mass is 16.2. The van der Waals surface area contributed by atoms with Crippen LogP contribution in [-0.2, 0) is 4.79 Å². The standard InChI is InChI=1S/C10H20N2O/c1-4-8(5-2)10(13)12(3)9-6-11-7-9/h8-9,11H,4-7H2,1-3H3.